The first kappa shape index (κ1) is 30.6. The Morgan fingerprint density at radius 1 is 1.03 bits per heavy atom. The Morgan fingerprint density at radius 3 is 2.30 bits per heavy atom. The number of nitrogens with one attached hydrogen (secondary N) is 1. The van der Waals surface area contributed by atoms with Gasteiger partial charge in [0.25, 0.3) is 0 Å². The highest BCUT2D eigenvalue weighted by atomic mass is 35.5. The van der Waals surface area contributed by atoms with Crippen molar-refractivity contribution >= 4 is 39.1 Å². The first-order valence-corrected chi connectivity index (χ1v) is 15.1. The number of hydrogen-bond acceptors (Lipinski definition) is 4. The molecule has 0 bridgehead atoms. The van der Waals surface area contributed by atoms with Crippen molar-refractivity contribution in [1.29, 1.82) is 0 Å². The molecule has 7 nitrogen and oxygen atoms in total. The van der Waals surface area contributed by atoms with Crippen LogP contribution in [0.3, 0.4) is 0 Å². The fourth-order valence-corrected chi connectivity index (χ4v) is 5.32. The molecule has 1 N–H and O–H groups in total. The summed E-state index contributed by atoms with van der Waals surface area (Å²) in [5.74, 6) is -0.367. The minimum atomic E-state index is -3.54. The highest BCUT2D eigenvalue weighted by molar-refractivity contribution is 7.92. The minimum Gasteiger partial charge on any atom is -0.354 e. The average Bonchev–Trinajstić information content (AvgIpc) is 2.84. The van der Waals surface area contributed by atoms with Gasteiger partial charge in [-0.3, -0.25) is 13.9 Å². The van der Waals surface area contributed by atoms with E-state index in [1.807, 2.05) is 51.1 Å². The second kappa shape index (κ2) is 14.4. The smallest absolute Gasteiger partial charge is 0.242 e. The molecule has 2 aromatic carbocycles. The number of amides is 2. The minimum absolute atomic E-state index is 0.114. The maximum atomic E-state index is 13.5. The Balaban J connectivity index is 2.22. The SMILES string of the molecule is CCCCNC(=O)C(CC)N(Cc1ccc(Cl)cc1)C(=O)CCCN(c1cc(C)ccc1C)S(C)(=O)=O. The monoisotopic (exact) mass is 549 g/mol. The maximum Gasteiger partial charge on any atom is 0.242 e. The molecule has 2 amide bonds. The first-order valence-electron chi connectivity index (χ1n) is 12.8. The van der Waals surface area contributed by atoms with Gasteiger partial charge in [0.1, 0.15) is 6.04 Å². The number of carbonyl (C=O) groups is 2. The number of benzene rings is 2. The van der Waals surface area contributed by atoms with Crippen molar-refractivity contribution < 1.29 is 18.0 Å². The molecule has 0 saturated carbocycles. The Kier molecular flexibility index (Phi) is 11.9. The van der Waals surface area contributed by atoms with Crippen molar-refractivity contribution in [3.8, 4) is 0 Å². The molecule has 37 heavy (non-hydrogen) atoms. The third kappa shape index (κ3) is 9.34. The van der Waals surface area contributed by atoms with Crippen LogP contribution in [0.1, 0.15) is 62.6 Å². The lowest BCUT2D eigenvalue weighted by atomic mass is 10.1. The van der Waals surface area contributed by atoms with Crippen molar-refractivity contribution in [2.45, 2.75) is 72.4 Å². The number of hydrogen-bond donors (Lipinski definition) is 1. The maximum absolute atomic E-state index is 13.5. The van der Waals surface area contributed by atoms with Gasteiger partial charge >= 0.3 is 0 Å². The van der Waals surface area contributed by atoms with E-state index in [-0.39, 0.29) is 31.3 Å². The van der Waals surface area contributed by atoms with Crippen LogP contribution in [0.5, 0.6) is 0 Å². The van der Waals surface area contributed by atoms with Crippen LogP contribution in [0.25, 0.3) is 0 Å². The van der Waals surface area contributed by atoms with Gasteiger partial charge in [-0.15, -0.1) is 0 Å². The van der Waals surface area contributed by atoms with E-state index in [1.165, 1.54) is 10.6 Å². The summed E-state index contributed by atoms with van der Waals surface area (Å²) in [4.78, 5) is 28.1. The van der Waals surface area contributed by atoms with E-state index >= 15 is 0 Å². The van der Waals surface area contributed by atoms with Crippen molar-refractivity contribution in [2.75, 3.05) is 23.7 Å². The third-order valence-electron chi connectivity index (χ3n) is 6.27. The molecule has 204 valence electrons. The zero-order valence-electron chi connectivity index (χ0n) is 22.6. The van der Waals surface area contributed by atoms with Gasteiger partial charge in [-0.2, -0.15) is 0 Å². The molecule has 0 spiro atoms. The van der Waals surface area contributed by atoms with Crippen LogP contribution in [0.2, 0.25) is 5.02 Å². The predicted molar refractivity (Wildman–Crippen MR) is 151 cm³/mol. The Bertz CT molecular complexity index is 1150. The van der Waals surface area contributed by atoms with Gasteiger partial charge in [-0.1, -0.05) is 56.1 Å². The number of sulfonamides is 1. The fourth-order valence-electron chi connectivity index (χ4n) is 4.18. The molecule has 0 heterocycles. The van der Waals surface area contributed by atoms with E-state index in [9.17, 15) is 18.0 Å². The summed E-state index contributed by atoms with van der Waals surface area (Å²) < 4.78 is 26.6. The normalized spacial score (nSPS) is 12.2. The lowest BCUT2D eigenvalue weighted by molar-refractivity contribution is -0.141. The van der Waals surface area contributed by atoms with Crippen LogP contribution in [0.15, 0.2) is 42.5 Å². The van der Waals surface area contributed by atoms with Crippen molar-refractivity contribution in [2.24, 2.45) is 0 Å². The van der Waals surface area contributed by atoms with E-state index in [0.717, 1.165) is 29.5 Å². The molecule has 1 atom stereocenters. The van der Waals surface area contributed by atoms with Gasteiger partial charge in [0, 0.05) is 31.1 Å². The zero-order valence-corrected chi connectivity index (χ0v) is 24.2. The van der Waals surface area contributed by atoms with Crippen LogP contribution in [-0.2, 0) is 26.2 Å². The van der Waals surface area contributed by atoms with E-state index in [4.69, 9.17) is 11.6 Å². The molecular formula is C28H40ClN3O4S. The molecule has 0 aliphatic carbocycles. The number of nitrogens with zero attached hydrogens (tertiary/aromatic N) is 2. The predicted octanol–water partition coefficient (Wildman–Crippen LogP) is 5.23. The molecule has 2 rings (SSSR count). The molecule has 0 aliphatic rings. The molecule has 0 aliphatic heterocycles. The molecule has 9 heteroatoms. The molecule has 0 aromatic heterocycles. The molecule has 0 fully saturated rings. The van der Waals surface area contributed by atoms with Gasteiger partial charge in [-0.05, 0) is 68.0 Å². The first-order chi connectivity index (χ1) is 17.5. The Hall–Kier alpha value is -2.58. The van der Waals surface area contributed by atoms with Crippen LogP contribution < -0.4 is 9.62 Å². The molecular weight excluding hydrogens is 510 g/mol. The van der Waals surface area contributed by atoms with E-state index in [0.29, 0.717) is 30.1 Å². The van der Waals surface area contributed by atoms with Gasteiger partial charge in [0.15, 0.2) is 0 Å². The average molecular weight is 550 g/mol. The quantitative estimate of drug-likeness (QED) is 0.327. The second-order valence-electron chi connectivity index (χ2n) is 9.45. The van der Waals surface area contributed by atoms with Crippen LogP contribution >= 0.6 is 11.6 Å². The van der Waals surface area contributed by atoms with Crippen LogP contribution in [0.4, 0.5) is 5.69 Å². The molecule has 1 unspecified atom stereocenters. The van der Waals surface area contributed by atoms with E-state index in [1.54, 1.807) is 17.0 Å². The highest BCUT2D eigenvalue weighted by Gasteiger charge is 2.29. The van der Waals surface area contributed by atoms with Gasteiger partial charge in [-0.25, -0.2) is 8.42 Å². The standard InChI is InChI=1S/C28H40ClN3O4S/c1-6-8-17-30-28(34)25(7-2)31(20-23-13-15-24(29)16-14-23)27(33)10-9-18-32(37(5,35)36)26-19-21(3)11-12-22(26)4/h11-16,19,25H,6-10,17-18,20H2,1-5H3,(H,30,34). The number of unbranched alkanes of at least 4 members (excludes halogenated alkanes) is 1. The van der Waals surface area contributed by atoms with Crippen molar-refractivity contribution in [1.82, 2.24) is 10.2 Å². The van der Waals surface area contributed by atoms with Gasteiger partial charge in [0.2, 0.25) is 21.8 Å². The Morgan fingerprint density at radius 2 is 1.70 bits per heavy atom. The van der Waals surface area contributed by atoms with Gasteiger partial charge in [0.05, 0.1) is 11.9 Å². The number of halogens is 1. The van der Waals surface area contributed by atoms with E-state index < -0.39 is 16.1 Å². The summed E-state index contributed by atoms with van der Waals surface area (Å²) in [5.41, 5.74) is 3.29. The topological polar surface area (TPSA) is 86.8 Å². The number of carbonyl (C=O) groups excluding carboxylic acids is 2. The summed E-state index contributed by atoms with van der Waals surface area (Å²) in [7, 11) is -3.54. The van der Waals surface area contributed by atoms with Crippen LogP contribution in [-0.4, -0.2) is 50.5 Å². The summed E-state index contributed by atoms with van der Waals surface area (Å²) in [5, 5.41) is 3.55. The highest BCUT2D eigenvalue weighted by Crippen LogP contribution is 2.25. The lowest BCUT2D eigenvalue weighted by Crippen LogP contribution is -2.49. The largest absolute Gasteiger partial charge is 0.354 e. The van der Waals surface area contributed by atoms with Crippen LogP contribution in [0, 0.1) is 13.8 Å². The second-order valence-corrected chi connectivity index (χ2v) is 11.8. The summed E-state index contributed by atoms with van der Waals surface area (Å²) >= 11 is 6.03. The summed E-state index contributed by atoms with van der Waals surface area (Å²) in [6.07, 6.45) is 3.91. The summed E-state index contributed by atoms with van der Waals surface area (Å²) in [6.45, 7) is 8.72. The number of aryl methyl sites for hydroxylation is 2. The van der Waals surface area contributed by atoms with Gasteiger partial charge < -0.3 is 10.2 Å². The third-order valence-corrected chi connectivity index (χ3v) is 7.70. The lowest BCUT2D eigenvalue weighted by Gasteiger charge is -2.31. The number of rotatable bonds is 14. The fraction of sp³-hybridized carbons (Fsp3) is 0.500. The van der Waals surface area contributed by atoms with Crippen molar-refractivity contribution in [3.05, 3.63) is 64.2 Å². The summed E-state index contributed by atoms with van der Waals surface area (Å²) in [6, 6.07) is 12.3. The Labute approximate surface area is 227 Å². The van der Waals surface area contributed by atoms with E-state index in [2.05, 4.69) is 12.2 Å². The molecule has 0 radical (unpaired) electrons. The van der Waals surface area contributed by atoms with Crippen molar-refractivity contribution in [3.63, 3.8) is 0 Å². The number of anilines is 1. The zero-order chi connectivity index (χ0) is 27.6. The molecule has 0 saturated heterocycles. The molecule has 2 aromatic rings.